The second-order valence-corrected chi connectivity index (χ2v) is 6.14. The molecule has 3 N–H and O–H groups in total. The minimum atomic E-state index is -0.249. The lowest BCUT2D eigenvalue weighted by Gasteiger charge is -2.12. The number of nitrogens with two attached hydrogens (primary N) is 1. The van der Waals surface area contributed by atoms with Gasteiger partial charge in [0.05, 0.1) is 12.3 Å². The molecule has 130 valence electrons. The summed E-state index contributed by atoms with van der Waals surface area (Å²) in [6.07, 6.45) is 1.08. The van der Waals surface area contributed by atoms with E-state index in [0.29, 0.717) is 29.3 Å². The SMILES string of the molecule is C=C(C)C(=O)/C(Cc1cc(Cl)ccc1C/N=C(/CC)CN)=C(\C)O. The van der Waals surface area contributed by atoms with Crippen LogP contribution in [0, 0.1) is 0 Å². The van der Waals surface area contributed by atoms with Gasteiger partial charge in [0.25, 0.3) is 0 Å². The third-order valence-corrected chi connectivity index (χ3v) is 3.99. The van der Waals surface area contributed by atoms with E-state index in [9.17, 15) is 9.90 Å². The summed E-state index contributed by atoms with van der Waals surface area (Å²) < 4.78 is 0. The van der Waals surface area contributed by atoms with Crippen molar-refractivity contribution in [2.75, 3.05) is 6.54 Å². The summed E-state index contributed by atoms with van der Waals surface area (Å²) in [6.45, 7) is 9.69. The summed E-state index contributed by atoms with van der Waals surface area (Å²) in [5.74, 6) is -0.255. The number of ketones is 1. The summed E-state index contributed by atoms with van der Waals surface area (Å²) in [5, 5.41) is 10.5. The molecular formula is C19H25ClN2O2. The highest BCUT2D eigenvalue weighted by Crippen LogP contribution is 2.23. The number of hydrogen-bond acceptors (Lipinski definition) is 4. The van der Waals surface area contributed by atoms with Crippen molar-refractivity contribution in [2.45, 2.75) is 40.2 Å². The van der Waals surface area contributed by atoms with Crippen molar-refractivity contribution in [2.24, 2.45) is 10.7 Å². The van der Waals surface area contributed by atoms with Crippen molar-refractivity contribution in [1.29, 1.82) is 0 Å². The molecule has 0 unspecified atom stereocenters. The molecule has 0 aromatic heterocycles. The fourth-order valence-corrected chi connectivity index (χ4v) is 2.45. The maximum atomic E-state index is 12.2. The summed E-state index contributed by atoms with van der Waals surface area (Å²) in [4.78, 5) is 16.8. The molecule has 1 aromatic rings. The molecule has 4 nitrogen and oxygen atoms in total. The molecule has 0 saturated carbocycles. The quantitative estimate of drug-likeness (QED) is 0.420. The highest BCUT2D eigenvalue weighted by Gasteiger charge is 2.16. The number of allylic oxidation sites excluding steroid dienone is 3. The van der Waals surface area contributed by atoms with E-state index in [1.165, 1.54) is 6.92 Å². The van der Waals surface area contributed by atoms with Crippen LogP contribution in [0.25, 0.3) is 0 Å². The van der Waals surface area contributed by atoms with Crippen LogP contribution in [0.4, 0.5) is 0 Å². The predicted molar refractivity (Wildman–Crippen MR) is 101 cm³/mol. The van der Waals surface area contributed by atoms with Gasteiger partial charge in [-0.05, 0) is 49.1 Å². The first-order chi connectivity index (χ1) is 11.3. The summed E-state index contributed by atoms with van der Waals surface area (Å²) in [7, 11) is 0. The average molecular weight is 349 g/mol. The Labute approximate surface area is 148 Å². The van der Waals surface area contributed by atoms with Gasteiger partial charge in [0.1, 0.15) is 0 Å². The molecule has 0 aliphatic heterocycles. The highest BCUT2D eigenvalue weighted by atomic mass is 35.5. The predicted octanol–water partition coefficient (Wildman–Crippen LogP) is 4.17. The monoisotopic (exact) mass is 348 g/mol. The molecule has 1 aromatic carbocycles. The molecule has 0 saturated heterocycles. The van der Waals surface area contributed by atoms with Gasteiger partial charge in [0.15, 0.2) is 5.78 Å². The molecule has 24 heavy (non-hydrogen) atoms. The molecule has 0 spiro atoms. The zero-order valence-corrected chi connectivity index (χ0v) is 15.3. The third kappa shape index (κ3) is 5.62. The van der Waals surface area contributed by atoms with E-state index in [1.807, 2.05) is 13.0 Å². The molecule has 0 amide bonds. The lowest BCUT2D eigenvalue weighted by molar-refractivity contribution is -0.112. The third-order valence-electron chi connectivity index (χ3n) is 3.75. The van der Waals surface area contributed by atoms with Gasteiger partial charge in [-0.15, -0.1) is 0 Å². The van der Waals surface area contributed by atoms with Gasteiger partial charge in [0.2, 0.25) is 0 Å². The molecule has 5 heteroatoms. The Balaban J connectivity index is 3.20. The van der Waals surface area contributed by atoms with Gasteiger partial charge in [-0.25, -0.2) is 0 Å². The molecule has 0 atom stereocenters. The van der Waals surface area contributed by atoms with Gasteiger partial charge in [-0.1, -0.05) is 31.2 Å². The topological polar surface area (TPSA) is 75.7 Å². The largest absolute Gasteiger partial charge is 0.512 e. The minimum Gasteiger partial charge on any atom is -0.512 e. The van der Waals surface area contributed by atoms with Gasteiger partial charge in [-0.2, -0.15) is 0 Å². The minimum absolute atomic E-state index is 0.00590. The van der Waals surface area contributed by atoms with Crippen molar-refractivity contribution in [3.8, 4) is 0 Å². The number of aliphatic hydroxyl groups is 1. The average Bonchev–Trinajstić information content (AvgIpc) is 2.53. The molecule has 0 aliphatic carbocycles. The Hall–Kier alpha value is -1.91. The second kappa shape index (κ2) is 9.40. The van der Waals surface area contributed by atoms with Gasteiger partial charge >= 0.3 is 0 Å². The Morgan fingerprint density at radius 1 is 1.33 bits per heavy atom. The first kappa shape index (κ1) is 20.1. The van der Waals surface area contributed by atoms with Crippen molar-refractivity contribution in [3.05, 3.63) is 57.8 Å². The van der Waals surface area contributed by atoms with E-state index in [0.717, 1.165) is 23.3 Å². The van der Waals surface area contributed by atoms with Crippen LogP contribution >= 0.6 is 11.6 Å². The number of aliphatic imine (C=N–C) groups is 1. The number of Topliss-reactive ketones (excluding diaryl/α,β-unsaturated/α-hetero) is 1. The molecule has 0 heterocycles. The van der Waals surface area contributed by atoms with Crippen LogP contribution in [0.3, 0.4) is 0 Å². The van der Waals surface area contributed by atoms with Crippen molar-refractivity contribution >= 4 is 23.1 Å². The highest BCUT2D eigenvalue weighted by molar-refractivity contribution is 6.30. The maximum Gasteiger partial charge on any atom is 0.187 e. The van der Waals surface area contributed by atoms with E-state index in [4.69, 9.17) is 17.3 Å². The number of carbonyl (C=O) groups excluding carboxylic acids is 1. The normalized spacial score (nSPS) is 12.8. The van der Waals surface area contributed by atoms with E-state index < -0.39 is 0 Å². The molecule has 0 fully saturated rings. The van der Waals surface area contributed by atoms with Crippen LogP contribution in [0.15, 0.2) is 46.7 Å². The Morgan fingerprint density at radius 2 is 2.00 bits per heavy atom. The number of halogens is 1. The zero-order valence-electron chi connectivity index (χ0n) is 14.5. The van der Waals surface area contributed by atoms with Gasteiger partial charge < -0.3 is 10.8 Å². The first-order valence-electron chi connectivity index (χ1n) is 7.88. The van der Waals surface area contributed by atoms with Crippen molar-refractivity contribution in [1.82, 2.24) is 0 Å². The van der Waals surface area contributed by atoms with Crippen LogP contribution in [0.1, 0.15) is 38.3 Å². The summed E-state index contributed by atoms with van der Waals surface area (Å²) in [5.41, 5.74) is 9.11. The van der Waals surface area contributed by atoms with Gasteiger partial charge in [-0.3, -0.25) is 9.79 Å². The van der Waals surface area contributed by atoms with Crippen molar-refractivity contribution in [3.63, 3.8) is 0 Å². The smallest absolute Gasteiger partial charge is 0.187 e. The van der Waals surface area contributed by atoms with E-state index in [1.54, 1.807) is 19.1 Å². The fraction of sp³-hybridized carbons (Fsp3) is 0.368. The number of benzene rings is 1. The number of rotatable bonds is 8. The summed E-state index contributed by atoms with van der Waals surface area (Å²) >= 11 is 6.10. The Kier molecular flexibility index (Phi) is 7.89. The van der Waals surface area contributed by atoms with Crippen LogP contribution in [0.5, 0.6) is 0 Å². The first-order valence-corrected chi connectivity index (χ1v) is 8.26. The van der Waals surface area contributed by atoms with E-state index >= 15 is 0 Å². The van der Waals surface area contributed by atoms with E-state index in [2.05, 4.69) is 11.6 Å². The number of aliphatic hydroxyl groups excluding tert-OH is 1. The number of hydrogen-bond donors (Lipinski definition) is 2. The lowest BCUT2D eigenvalue weighted by Crippen LogP contribution is -2.13. The molecule has 0 radical (unpaired) electrons. The van der Waals surface area contributed by atoms with Crippen LogP contribution < -0.4 is 5.73 Å². The van der Waals surface area contributed by atoms with Crippen LogP contribution in [-0.4, -0.2) is 23.1 Å². The van der Waals surface area contributed by atoms with Crippen molar-refractivity contribution < 1.29 is 9.90 Å². The number of nitrogens with zero attached hydrogens (tertiary/aromatic N) is 1. The molecule has 1 rings (SSSR count). The van der Waals surface area contributed by atoms with Crippen LogP contribution in [-0.2, 0) is 17.8 Å². The summed E-state index contributed by atoms with van der Waals surface area (Å²) in [6, 6.07) is 5.48. The Morgan fingerprint density at radius 3 is 2.50 bits per heavy atom. The molecule has 0 aliphatic rings. The second-order valence-electron chi connectivity index (χ2n) is 5.70. The molecular weight excluding hydrogens is 324 g/mol. The Bertz CT molecular complexity index is 681. The maximum absolute atomic E-state index is 12.2. The lowest BCUT2D eigenvalue weighted by atomic mass is 9.94. The van der Waals surface area contributed by atoms with E-state index in [-0.39, 0.29) is 18.0 Å². The number of carbonyl (C=O) groups is 1. The standard InChI is InChI=1S/C19H25ClN2O2/c1-5-17(10-21)22-11-14-6-7-16(20)8-15(14)9-18(13(4)23)19(24)12(2)3/h6-8,23H,2,5,9-11,21H2,1,3-4H3/b18-13+,22-17-. The van der Waals surface area contributed by atoms with Crippen LogP contribution in [0.2, 0.25) is 5.02 Å². The van der Waals surface area contributed by atoms with Gasteiger partial charge in [0, 0.05) is 29.3 Å². The molecule has 0 bridgehead atoms. The zero-order chi connectivity index (χ0) is 18.3. The fourth-order valence-electron chi connectivity index (χ4n) is 2.25.